The van der Waals surface area contributed by atoms with Crippen LogP contribution in [0, 0.1) is 6.92 Å². The molecule has 1 fully saturated rings. The lowest BCUT2D eigenvalue weighted by Gasteiger charge is -2.27. The van der Waals surface area contributed by atoms with Gasteiger partial charge in [-0.3, -0.25) is 4.79 Å². The number of hydrogen-bond acceptors (Lipinski definition) is 5. The van der Waals surface area contributed by atoms with Crippen LogP contribution in [0.15, 0.2) is 36.7 Å². The minimum atomic E-state index is -0.334. The first-order valence-corrected chi connectivity index (χ1v) is 9.64. The quantitative estimate of drug-likeness (QED) is 0.698. The Balaban J connectivity index is 1.57. The number of fused-ring (bicyclic) bond motifs is 1. The molecule has 7 nitrogen and oxygen atoms in total. The lowest BCUT2D eigenvalue weighted by Crippen LogP contribution is -2.27. The van der Waals surface area contributed by atoms with Gasteiger partial charge in [0.25, 0.3) is 5.91 Å². The van der Waals surface area contributed by atoms with Crippen LogP contribution in [0.4, 0.5) is 5.69 Å². The lowest BCUT2D eigenvalue weighted by atomic mass is 9.95. The Hall–Kier alpha value is -2.64. The van der Waals surface area contributed by atoms with E-state index in [9.17, 15) is 9.90 Å². The number of nitrogens with zero attached hydrogens (tertiary/aromatic N) is 3. The minimum absolute atomic E-state index is 0.00141. The number of aliphatic hydroxyl groups excluding tert-OH is 1. The van der Waals surface area contributed by atoms with E-state index in [4.69, 9.17) is 16.3 Å². The van der Waals surface area contributed by atoms with E-state index < -0.39 is 0 Å². The van der Waals surface area contributed by atoms with Crippen molar-refractivity contribution in [2.45, 2.75) is 44.8 Å². The first kappa shape index (κ1) is 18.7. The predicted molar refractivity (Wildman–Crippen MR) is 106 cm³/mol. The Morgan fingerprint density at radius 2 is 2.07 bits per heavy atom. The standard InChI is InChI=1S/C20H21ClN4O3/c1-12-8-9-25-19(23-12)16(11-22-25)20(27)24-17-10-13(21)2-7-18(17)28-15-5-3-14(26)4-6-15/h2,7-11,14-15,26H,3-6H2,1H3,(H,24,27). The van der Waals surface area contributed by atoms with Crippen molar-refractivity contribution >= 4 is 28.8 Å². The summed E-state index contributed by atoms with van der Waals surface area (Å²) in [5.74, 6) is 0.221. The smallest absolute Gasteiger partial charge is 0.261 e. The van der Waals surface area contributed by atoms with Crippen LogP contribution in [0.1, 0.15) is 41.7 Å². The van der Waals surface area contributed by atoms with Crippen molar-refractivity contribution < 1.29 is 14.6 Å². The second-order valence-electron chi connectivity index (χ2n) is 7.04. The fourth-order valence-electron chi connectivity index (χ4n) is 3.35. The lowest BCUT2D eigenvalue weighted by molar-refractivity contribution is 0.0669. The predicted octanol–water partition coefficient (Wildman–Crippen LogP) is 3.63. The molecule has 1 aliphatic carbocycles. The summed E-state index contributed by atoms with van der Waals surface area (Å²) in [5.41, 5.74) is 2.16. The Labute approximate surface area is 167 Å². The molecule has 0 radical (unpaired) electrons. The number of rotatable bonds is 4. The van der Waals surface area contributed by atoms with Gasteiger partial charge in [-0.25, -0.2) is 9.50 Å². The summed E-state index contributed by atoms with van der Waals surface area (Å²) in [7, 11) is 0. The van der Waals surface area contributed by atoms with Crippen molar-refractivity contribution in [3.8, 4) is 5.75 Å². The van der Waals surface area contributed by atoms with Gasteiger partial charge in [0.15, 0.2) is 5.65 Å². The minimum Gasteiger partial charge on any atom is -0.488 e. The van der Waals surface area contributed by atoms with E-state index in [0.717, 1.165) is 18.5 Å². The first-order chi connectivity index (χ1) is 13.5. The van der Waals surface area contributed by atoms with Crippen LogP contribution in [-0.4, -0.2) is 37.8 Å². The Morgan fingerprint density at radius 1 is 1.29 bits per heavy atom. The van der Waals surface area contributed by atoms with Gasteiger partial charge < -0.3 is 15.2 Å². The highest BCUT2D eigenvalue weighted by Gasteiger charge is 2.22. The summed E-state index contributed by atoms with van der Waals surface area (Å²) in [4.78, 5) is 17.3. The van der Waals surface area contributed by atoms with Gasteiger partial charge in [-0.05, 0) is 56.9 Å². The Kier molecular flexibility index (Phi) is 5.19. The largest absolute Gasteiger partial charge is 0.488 e. The SMILES string of the molecule is Cc1ccn2ncc(C(=O)Nc3cc(Cl)ccc3OC3CCC(O)CC3)c2n1. The summed E-state index contributed by atoms with van der Waals surface area (Å²) < 4.78 is 7.65. The van der Waals surface area contributed by atoms with E-state index in [-0.39, 0.29) is 18.1 Å². The molecule has 0 atom stereocenters. The average Bonchev–Trinajstić information content (AvgIpc) is 3.09. The molecule has 2 N–H and O–H groups in total. The highest BCUT2D eigenvalue weighted by atomic mass is 35.5. The summed E-state index contributed by atoms with van der Waals surface area (Å²) in [6.07, 6.45) is 5.98. The van der Waals surface area contributed by atoms with Gasteiger partial charge in [0.2, 0.25) is 0 Å². The molecule has 0 aliphatic heterocycles. The van der Waals surface area contributed by atoms with Gasteiger partial charge in [0.05, 0.1) is 24.1 Å². The molecule has 0 bridgehead atoms. The van der Waals surface area contributed by atoms with Crippen molar-refractivity contribution in [3.05, 3.63) is 52.9 Å². The average molecular weight is 401 g/mol. The topological polar surface area (TPSA) is 88.8 Å². The highest BCUT2D eigenvalue weighted by molar-refractivity contribution is 6.31. The maximum atomic E-state index is 12.9. The maximum absolute atomic E-state index is 12.9. The van der Waals surface area contributed by atoms with Gasteiger partial charge in [-0.15, -0.1) is 0 Å². The zero-order valence-corrected chi connectivity index (χ0v) is 16.2. The fraction of sp³-hybridized carbons (Fsp3) is 0.350. The Morgan fingerprint density at radius 3 is 2.86 bits per heavy atom. The van der Waals surface area contributed by atoms with Crippen molar-refractivity contribution in [2.75, 3.05) is 5.32 Å². The first-order valence-electron chi connectivity index (χ1n) is 9.26. The van der Waals surface area contributed by atoms with E-state index in [1.54, 1.807) is 28.9 Å². The van der Waals surface area contributed by atoms with E-state index >= 15 is 0 Å². The number of hydrogen-bond donors (Lipinski definition) is 2. The zero-order chi connectivity index (χ0) is 19.7. The van der Waals surface area contributed by atoms with Crippen LogP contribution in [0.25, 0.3) is 5.65 Å². The molecule has 2 aromatic heterocycles. The number of benzene rings is 1. The number of amides is 1. The van der Waals surface area contributed by atoms with Crippen molar-refractivity contribution in [2.24, 2.45) is 0 Å². The molecule has 2 heterocycles. The second kappa shape index (κ2) is 7.77. The summed E-state index contributed by atoms with van der Waals surface area (Å²) in [5, 5.41) is 17.2. The normalized spacial score (nSPS) is 19.5. The molecule has 3 aromatic rings. The number of halogens is 1. The molecule has 1 saturated carbocycles. The summed E-state index contributed by atoms with van der Waals surface area (Å²) in [6.45, 7) is 1.86. The summed E-state index contributed by atoms with van der Waals surface area (Å²) in [6, 6.07) is 6.97. The number of carbonyl (C=O) groups is 1. The fourth-order valence-corrected chi connectivity index (χ4v) is 3.53. The van der Waals surface area contributed by atoms with Crippen molar-refractivity contribution in [3.63, 3.8) is 0 Å². The van der Waals surface area contributed by atoms with Crippen molar-refractivity contribution in [1.82, 2.24) is 14.6 Å². The van der Waals surface area contributed by atoms with Crippen LogP contribution >= 0.6 is 11.6 Å². The van der Waals surface area contributed by atoms with Gasteiger partial charge >= 0.3 is 0 Å². The summed E-state index contributed by atoms with van der Waals surface area (Å²) >= 11 is 6.13. The molecular weight excluding hydrogens is 380 g/mol. The number of aliphatic hydroxyl groups is 1. The van der Waals surface area contributed by atoms with Crippen molar-refractivity contribution in [1.29, 1.82) is 0 Å². The highest BCUT2D eigenvalue weighted by Crippen LogP contribution is 2.32. The molecule has 8 heteroatoms. The van der Waals surface area contributed by atoms with Crippen LogP contribution in [-0.2, 0) is 0 Å². The maximum Gasteiger partial charge on any atom is 0.261 e. The van der Waals surface area contributed by atoms with E-state index in [0.29, 0.717) is 40.5 Å². The van der Waals surface area contributed by atoms with Gasteiger partial charge in [-0.2, -0.15) is 5.10 Å². The van der Waals surface area contributed by atoms with E-state index in [1.165, 1.54) is 6.20 Å². The molecule has 28 heavy (non-hydrogen) atoms. The number of carbonyl (C=O) groups excluding carboxylic acids is 1. The van der Waals surface area contributed by atoms with Crippen LogP contribution in [0.5, 0.6) is 5.75 Å². The zero-order valence-electron chi connectivity index (χ0n) is 15.4. The molecule has 1 amide bonds. The molecule has 0 spiro atoms. The number of anilines is 1. The molecular formula is C20H21ClN4O3. The molecule has 1 aromatic carbocycles. The molecule has 0 unspecified atom stereocenters. The monoisotopic (exact) mass is 400 g/mol. The third-order valence-corrected chi connectivity index (χ3v) is 5.12. The van der Waals surface area contributed by atoms with Gasteiger partial charge in [0.1, 0.15) is 11.3 Å². The third-order valence-electron chi connectivity index (χ3n) is 4.88. The van der Waals surface area contributed by atoms with Crippen LogP contribution in [0.3, 0.4) is 0 Å². The van der Waals surface area contributed by atoms with E-state index in [2.05, 4.69) is 15.4 Å². The van der Waals surface area contributed by atoms with E-state index in [1.807, 2.05) is 13.0 Å². The number of ether oxygens (including phenoxy) is 1. The van der Waals surface area contributed by atoms with Crippen LogP contribution < -0.4 is 10.1 Å². The number of aryl methyl sites for hydroxylation is 1. The van der Waals surface area contributed by atoms with Gasteiger partial charge in [-0.1, -0.05) is 11.6 Å². The molecule has 0 saturated heterocycles. The molecule has 4 rings (SSSR count). The van der Waals surface area contributed by atoms with Gasteiger partial charge in [0, 0.05) is 16.9 Å². The Bertz CT molecular complexity index is 1010. The molecule has 1 aliphatic rings. The second-order valence-corrected chi connectivity index (χ2v) is 7.47. The molecule has 146 valence electrons. The van der Waals surface area contributed by atoms with Crippen LogP contribution in [0.2, 0.25) is 5.02 Å². The third kappa shape index (κ3) is 3.95. The number of nitrogens with one attached hydrogen (secondary N) is 1. The number of aromatic nitrogens is 3.